The molecule has 36 nitrogen and oxygen atoms in total. The van der Waals surface area contributed by atoms with Gasteiger partial charge in [-0.1, -0.05) is 24.3 Å². The summed E-state index contributed by atoms with van der Waals surface area (Å²) in [5.41, 5.74) is -5.76. The SMILES string of the molecule is COC[C@@]12CCO[C@H]([C@H](C)O1)[C@H]2OP(=O)(O)OC.COC[C@@]12CO[C@@H]([C@H](n3ccc(=O)[nH]c3=O)O1)[C@H]2NP(=O)(O)OC.COC[C@@]12CO[C@@H]([C@H](n3ccc4ccccc4c3=O)O1)[C@H]2OP(=O)(O)OC.COC[C@@]12CO[C@@H]([C@H](n3ccccc3=O)O1)[C@H]2OP(=O)(O)OC. The average molecular weight is 1390 g/mol. The lowest BCUT2D eigenvalue weighted by molar-refractivity contribution is -0.190. The molecule has 20 atom stereocenters. The van der Waals surface area contributed by atoms with Crippen LogP contribution in [0.2, 0.25) is 0 Å². The van der Waals surface area contributed by atoms with Gasteiger partial charge in [0, 0.05) is 99.4 Å². The summed E-state index contributed by atoms with van der Waals surface area (Å²) in [7, 11) is -6.38. The standard InChI is InChI=1S/C17H20NO8P.C13H18NO8P.C12H18N3O8P.C10H19O7P/c1-22-9-17-10-24-13(14(17)26-27(20,21)23-2)16(25-17)18-8-7-11-5-3-4-6-12(11)15(18)19;1-18-7-13-8-20-10(11(13)22-23(16,17)19-2)12(21-13)14-6-4-3-5-9(14)15;1-20-5-12-6-22-8(9(12)14-24(18,19)21-2)10(23-12)15-4-3-7(16)13-11(15)17;1-7-8-9(17-18(11,12)14-3)10(16-7,6-13-2)4-5-15-8/h3-8,13-14,16H,9-10H2,1-2H3,(H,20,21);3-6,10-12H,7-8H2,1-2H3,(H,16,17);3-4,8-10H,5-6H2,1-2H3,(H,13,16,17)(H2,14,18,19);7-9H,4-6H2,1-3H3,(H,11,12)/t13-,14-,16-,17+;10-,11-,12-,13+;8-,9-,10-,12+;7-,8+,9+,10+/m1110/s1. The number of aromatic amines is 1. The minimum absolute atomic E-state index is 0.0662. The summed E-state index contributed by atoms with van der Waals surface area (Å²) in [6.07, 6.45) is -2.86. The van der Waals surface area contributed by atoms with Crippen molar-refractivity contribution < 1.29 is 126 Å². The first-order valence-electron chi connectivity index (χ1n) is 28.2. The molecule has 8 aliphatic rings. The van der Waals surface area contributed by atoms with Crippen molar-refractivity contribution in [1.82, 2.24) is 23.8 Å². The average Bonchev–Trinajstić information content (AvgIpc) is 1.59. The maximum absolute atomic E-state index is 12.9. The number of nitrogens with one attached hydrogen (secondary N) is 2. The smallest absolute Gasteiger partial charge is 0.382 e. The number of nitrogens with zero attached hydrogens (tertiary/aromatic N) is 3. The van der Waals surface area contributed by atoms with Crippen LogP contribution in [0, 0.1) is 0 Å². The Morgan fingerprint density at radius 3 is 1.55 bits per heavy atom. The number of fused-ring (bicyclic) bond motifs is 9. The van der Waals surface area contributed by atoms with Crippen LogP contribution in [-0.2, 0) is 107 Å². The molecule has 0 aliphatic carbocycles. The molecule has 11 heterocycles. The van der Waals surface area contributed by atoms with Gasteiger partial charge in [-0.05, 0) is 30.5 Å². The van der Waals surface area contributed by atoms with Crippen molar-refractivity contribution >= 4 is 42.0 Å². The molecule has 1 aromatic carbocycles. The van der Waals surface area contributed by atoms with Crippen LogP contribution in [0.3, 0.4) is 0 Å². The molecule has 0 spiro atoms. The van der Waals surface area contributed by atoms with Gasteiger partial charge in [0.2, 0.25) is 0 Å². The van der Waals surface area contributed by atoms with Crippen LogP contribution in [0.25, 0.3) is 10.8 Å². The Kier molecular flexibility index (Phi) is 22.8. The Balaban J connectivity index is 0.000000146. The summed E-state index contributed by atoms with van der Waals surface area (Å²) in [5.74, 6) is 0. The van der Waals surface area contributed by atoms with E-state index in [2.05, 4.69) is 28.2 Å². The van der Waals surface area contributed by atoms with Crippen LogP contribution in [-0.4, -0.2) is 225 Å². The summed E-state index contributed by atoms with van der Waals surface area (Å²) in [5, 5.41) is 3.84. The van der Waals surface area contributed by atoms with Crippen molar-refractivity contribution in [3.63, 3.8) is 0 Å². The molecule has 0 radical (unpaired) electrons. The normalized spacial score (nSPS) is 35.6. The second kappa shape index (κ2) is 29.0. The first kappa shape index (κ1) is 72.3. The Labute approximate surface area is 524 Å². The van der Waals surface area contributed by atoms with Crippen molar-refractivity contribution in [2.75, 3.05) is 110 Å². The molecule has 514 valence electrons. The number of phosphoric ester groups is 3. The zero-order chi connectivity index (χ0) is 66.8. The van der Waals surface area contributed by atoms with Crippen molar-refractivity contribution in [2.45, 2.75) is 109 Å². The highest BCUT2D eigenvalue weighted by molar-refractivity contribution is 7.50. The Bertz CT molecular complexity index is 3670. The number of H-pyrrole nitrogens is 1. The molecular formula is C52H75N5O31P4. The van der Waals surface area contributed by atoms with Crippen LogP contribution < -0.4 is 27.5 Å². The van der Waals surface area contributed by atoms with Crippen LogP contribution in [0.4, 0.5) is 0 Å². The summed E-state index contributed by atoms with van der Waals surface area (Å²) >= 11 is 0. The van der Waals surface area contributed by atoms with E-state index in [4.69, 9.17) is 70.4 Å². The summed E-state index contributed by atoms with van der Waals surface area (Å²) in [6, 6.07) is 14.1. The lowest BCUT2D eigenvalue weighted by Crippen LogP contribution is -2.52. The molecule has 92 heavy (non-hydrogen) atoms. The summed E-state index contributed by atoms with van der Waals surface area (Å²) in [4.78, 5) is 88.9. The van der Waals surface area contributed by atoms with E-state index in [1.807, 2.05) is 19.1 Å². The Morgan fingerprint density at radius 1 is 0.533 bits per heavy atom. The van der Waals surface area contributed by atoms with Crippen LogP contribution >= 0.6 is 31.2 Å². The maximum atomic E-state index is 12.9. The zero-order valence-corrected chi connectivity index (χ0v) is 54.7. The molecule has 8 bridgehead atoms. The number of pyridine rings is 2. The van der Waals surface area contributed by atoms with E-state index in [1.54, 1.807) is 49.8 Å². The predicted molar refractivity (Wildman–Crippen MR) is 312 cm³/mol. The van der Waals surface area contributed by atoms with Crippen molar-refractivity contribution in [1.29, 1.82) is 0 Å². The maximum Gasteiger partial charge on any atom is 0.472 e. The number of aromatic nitrogens is 4. The monoisotopic (exact) mass is 1390 g/mol. The molecule has 12 rings (SSSR count). The van der Waals surface area contributed by atoms with Crippen molar-refractivity contribution in [3.05, 3.63) is 115 Å². The van der Waals surface area contributed by atoms with E-state index in [0.29, 0.717) is 18.4 Å². The van der Waals surface area contributed by atoms with Crippen molar-refractivity contribution in [2.24, 2.45) is 0 Å². The molecule has 6 N–H and O–H groups in total. The van der Waals surface area contributed by atoms with Crippen LogP contribution in [0.1, 0.15) is 32.0 Å². The van der Waals surface area contributed by atoms with Gasteiger partial charge in [0.1, 0.15) is 65.1 Å². The molecule has 0 saturated carbocycles. The Morgan fingerprint density at radius 2 is 1.01 bits per heavy atom. The van der Waals surface area contributed by atoms with E-state index in [1.165, 1.54) is 48.8 Å². The topological polar surface area (TPSA) is 435 Å². The van der Waals surface area contributed by atoms with E-state index in [9.17, 15) is 57.0 Å². The molecule has 4 unspecified atom stereocenters. The largest absolute Gasteiger partial charge is 0.472 e. The Hall–Kier alpha value is -3.98. The number of benzene rings is 1. The lowest BCUT2D eigenvalue weighted by atomic mass is 9.90. The van der Waals surface area contributed by atoms with E-state index < -0.39 is 126 Å². The van der Waals surface area contributed by atoms with Gasteiger partial charge in [0.05, 0.1) is 65.0 Å². The minimum Gasteiger partial charge on any atom is -0.382 e. The molecule has 8 saturated heterocycles. The number of hydrogen-bond donors (Lipinski definition) is 6. The number of ether oxygens (including phenoxy) is 12. The minimum atomic E-state index is -4.30. The number of rotatable bonds is 23. The fraction of sp³-hybridized carbons (Fsp3) is 0.654. The van der Waals surface area contributed by atoms with Gasteiger partial charge in [-0.2, -0.15) is 0 Å². The lowest BCUT2D eigenvalue weighted by Gasteiger charge is -2.38. The first-order valence-corrected chi connectivity index (χ1v) is 34.2. The van der Waals surface area contributed by atoms with E-state index >= 15 is 0 Å². The molecule has 3 aromatic heterocycles. The number of phosphoric acid groups is 3. The van der Waals surface area contributed by atoms with E-state index in [-0.39, 0.29) is 69.6 Å². The van der Waals surface area contributed by atoms with Crippen LogP contribution in [0.5, 0.6) is 0 Å². The van der Waals surface area contributed by atoms with Gasteiger partial charge < -0.3 is 80.9 Å². The summed E-state index contributed by atoms with van der Waals surface area (Å²) < 4.78 is 152. The quantitative estimate of drug-likeness (QED) is 0.0564. The second-order valence-corrected chi connectivity index (χ2v) is 28.4. The predicted octanol–water partition coefficient (Wildman–Crippen LogP) is 1.01. The fourth-order valence-corrected chi connectivity index (χ4v) is 15.2. The van der Waals surface area contributed by atoms with Gasteiger partial charge in [-0.25, -0.2) is 28.1 Å². The summed E-state index contributed by atoms with van der Waals surface area (Å²) in [6.45, 7) is 3.20. The van der Waals surface area contributed by atoms with Gasteiger partial charge >= 0.3 is 36.9 Å². The van der Waals surface area contributed by atoms with Crippen LogP contribution in [0.15, 0.2) is 92.4 Å². The fourth-order valence-electron chi connectivity index (χ4n) is 12.3. The molecule has 8 aliphatic heterocycles. The second-order valence-electron chi connectivity index (χ2n) is 22.2. The van der Waals surface area contributed by atoms with Gasteiger partial charge in [0.25, 0.3) is 16.7 Å². The third-order valence-corrected chi connectivity index (χ3v) is 20.4. The highest BCUT2D eigenvalue weighted by Gasteiger charge is 2.67. The van der Waals surface area contributed by atoms with E-state index in [0.717, 1.165) is 38.4 Å². The zero-order valence-electron chi connectivity index (χ0n) is 51.2. The number of hydrogen-bond acceptors (Lipinski definition) is 27. The highest BCUT2D eigenvalue weighted by Crippen LogP contribution is 2.57. The van der Waals surface area contributed by atoms with Gasteiger partial charge in [-0.3, -0.25) is 60.2 Å². The highest BCUT2D eigenvalue weighted by atomic mass is 31.2. The third-order valence-electron chi connectivity index (χ3n) is 16.4. The molecule has 0 amide bonds. The van der Waals surface area contributed by atoms with Gasteiger partial charge in [-0.15, -0.1) is 0 Å². The molecular weight excluding hydrogens is 1310 g/mol. The molecule has 8 fully saturated rings. The first-order chi connectivity index (χ1) is 43.6. The third kappa shape index (κ3) is 14.8. The molecule has 4 aromatic rings. The molecule has 40 heteroatoms. The van der Waals surface area contributed by atoms with Gasteiger partial charge in [0.15, 0.2) is 18.7 Å². The number of methoxy groups -OCH3 is 4. The van der Waals surface area contributed by atoms with Crippen molar-refractivity contribution in [3.8, 4) is 0 Å².